The van der Waals surface area contributed by atoms with Crippen LogP contribution in [0.15, 0.2) is 83.3 Å². The molecule has 8 rings (SSSR count). The van der Waals surface area contributed by atoms with E-state index in [1.54, 1.807) is 0 Å². The van der Waals surface area contributed by atoms with Gasteiger partial charge in [0.2, 0.25) is 5.71 Å². The molecule has 0 fully saturated rings. The van der Waals surface area contributed by atoms with Gasteiger partial charge >= 0.3 is 0 Å². The molecule has 0 bridgehead atoms. The second-order valence-corrected chi connectivity index (χ2v) is 9.32. The molecule has 36 heavy (non-hydrogen) atoms. The molecule has 3 aromatic carbocycles. The van der Waals surface area contributed by atoms with E-state index in [4.69, 9.17) is 9.40 Å². The molecule has 0 aliphatic rings. The molecule has 0 aliphatic heterocycles. The van der Waals surface area contributed by atoms with Crippen molar-refractivity contribution in [1.82, 2.24) is 9.38 Å². The van der Waals surface area contributed by atoms with Crippen LogP contribution in [0.1, 0.15) is 11.3 Å². The second kappa shape index (κ2) is 7.23. The summed E-state index contributed by atoms with van der Waals surface area (Å²) in [6, 6.07) is 27.5. The van der Waals surface area contributed by atoms with Gasteiger partial charge in [-0.25, -0.2) is 4.98 Å². The Hall–Kier alpha value is -4.05. The van der Waals surface area contributed by atoms with E-state index < -0.39 is 0 Å². The summed E-state index contributed by atoms with van der Waals surface area (Å²) in [5, 5.41) is 5.61. The minimum absolute atomic E-state index is 0. The maximum absolute atomic E-state index is 6.53. The monoisotopic (exact) mass is 643 g/mol. The Kier molecular flexibility index (Phi) is 4.27. The minimum atomic E-state index is 0. The van der Waals surface area contributed by atoms with E-state index >= 15 is 0 Å². The summed E-state index contributed by atoms with van der Waals surface area (Å²) in [5.41, 5.74) is 9.85. The average molecular weight is 643 g/mol. The van der Waals surface area contributed by atoms with Gasteiger partial charge in [-0.05, 0) is 52.7 Å². The zero-order valence-electron chi connectivity index (χ0n) is 19.5. The minimum Gasteiger partial charge on any atom is -0.436 e. The molecule has 5 heteroatoms. The van der Waals surface area contributed by atoms with Crippen LogP contribution in [0.4, 0.5) is 0 Å². The van der Waals surface area contributed by atoms with Gasteiger partial charge in [-0.2, -0.15) is 18.6 Å². The number of furan rings is 1. The topological polar surface area (TPSA) is 34.3 Å². The fraction of sp³-hybridized carbons (Fsp3) is 0.0323. The summed E-state index contributed by atoms with van der Waals surface area (Å²) in [5.74, 6) is 0. The van der Waals surface area contributed by atoms with Crippen LogP contribution in [0.5, 0.6) is 0 Å². The molecule has 1 radical (unpaired) electrons. The van der Waals surface area contributed by atoms with Crippen molar-refractivity contribution in [1.29, 1.82) is 0 Å². The molecular formula is C31H20IrN3O-. The van der Waals surface area contributed by atoms with Crippen LogP contribution < -0.4 is 4.57 Å². The van der Waals surface area contributed by atoms with E-state index in [0.717, 1.165) is 66.3 Å². The normalized spacial score (nSPS) is 12.0. The molecule has 0 saturated carbocycles. The predicted octanol–water partition coefficient (Wildman–Crippen LogP) is 7.21. The third-order valence-corrected chi connectivity index (χ3v) is 7.35. The van der Waals surface area contributed by atoms with Crippen LogP contribution in [0.3, 0.4) is 0 Å². The Morgan fingerprint density at radius 3 is 2.56 bits per heavy atom. The van der Waals surface area contributed by atoms with E-state index in [0.29, 0.717) is 5.71 Å². The number of aromatic nitrogens is 3. The Morgan fingerprint density at radius 1 is 0.861 bits per heavy atom. The standard InChI is InChI=1S/C31H20N3O.Ir/c1-17-16-22-20-9-5-7-11-24(20)34-28(22)27(30-29(34)21-14-12-18(2)32-31(21)35-30)26(17)25-15-13-19-8-4-6-10-23(19)33(25)3;/h4-16H,1,3H2,2H3;/q-1;. The molecule has 0 saturated heterocycles. The molecule has 0 aliphatic carbocycles. The van der Waals surface area contributed by atoms with Gasteiger partial charge in [-0.3, -0.25) is 0 Å². The van der Waals surface area contributed by atoms with Gasteiger partial charge < -0.3 is 13.4 Å². The van der Waals surface area contributed by atoms with E-state index in [9.17, 15) is 0 Å². The Morgan fingerprint density at radius 2 is 1.67 bits per heavy atom. The maximum Gasteiger partial charge on any atom is 0.229 e. The quantitative estimate of drug-likeness (QED) is 0.140. The van der Waals surface area contributed by atoms with Crippen LogP contribution in [0, 0.1) is 20.9 Å². The fourth-order valence-electron chi connectivity index (χ4n) is 5.86. The predicted molar refractivity (Wildman–Crippen MR) is 142 cm³/mol. The van der Waals surface area contributed by atoms with Crippen molar-refractivity contribution in [3.63, 3.8) is 0 Å². The number of aryl methyl sites for hydroxylation is 1. The van der Waals surface area contributed by atoms with Crippen LogP contribution in [0.2, 0.25) is 0 Å². The first kappa shape index (κ1) is 21.2. The first-order valence-corrected chi connectivity index (χ1v) is 11.7. The van der Waals surface area contributed by atoms with Crippen molar-refractivity contribution >= 4 is 60.3 Å². The zero-order valence-corrected chi connectivity index (χ0v) is 21.9. The maximum atomic E-state index is 6.53. The van der Waals surface area contributed by atoms with Gasteiger partial charge in [0, 0.05) is 38.4 Å². The van der Waals surface area contributed by atoms with Crippen molar-refractivity contribution < 1.29 is 29.1 Å². The molecule has 8 aromatic rings. The van der Waals surface area contributed by atoms with Gasteiger partial charge in [0.25, 0.3) is 0 Å². The Labute approximate surface area is 220 Å². The Bertz CT molecular complexity index is 2150. The fourth-order valence-corrected chi connectivity index (χ4v) is 5.86. The van der Waals surface area contributed by atoms with Gasteiger partial charge in [0.1, 0.15) is 11.0 Å². The average Bonchev–Trinajstić information content (AvgIpc) is 3.49. The number of fused-ring (bicyclic) bond motifs is 9. The molecule has 0 N–H and O–H groups in total. The van der Waals surface area contributed by atoms with Crippen molar-refractivity contribution in [3.8, 4) is 11.3 Å². The summed E-state index contributed by atoms with van der Waals surface area (Å²) < 4.78 is 10.9. The number of pyridine rings is 2. The summed E-state index contributed by atoms with van der Waals surface area (Å²) in [6.45, 7) is 6.51. The van der Waals surface area contributed by atoms with E-state index in [-0.39, 0.29) is 20.1 Å². The van der Waals surface area contributed by atoms with Crippen LogP contribution in [-0.2, 0) is 20.1 Å². The van der Waals surface area contributed by atoms with Crippen molar-refractivity contribution in [3.05, 3.63) is 104 Å². The van der Waals surface area contributed by atoms with Gasteiger partial charge in [0.05, 0.1) is 16.6 Å². The number of rotatable bonds is 1. The second-order valence-electron chi connectivity index (χ2n) is 9.32. The summed E-state index contributed by atoms with van der Waals surface area (Å²) in [4.78, 5) is 4.71. The molecular weight excluding hydrogens is 623 g/mol. The van der Waals surface area contributed by atoms with Gasteiger partial charge in [-0.15, -0.1) is 5.56 Å². The molecule has 5 aromatic heterocycles. The number of nitrogens with zero attached hydrogens (tertiary/aromatic N) is 3. The van der Waals surface area contributed by atoms with E-state index in [1.807, 2.05) is 23.6 Å². The SMILES string of the molecule is [CH2-]c1cc2c3ccccc3n3c4c5ccc(C)nc5oc4c(c1-c1ccc4ccccc4[n+]1[CH2-])c23.[Ir]. The van der Waals surface area contributed by atoms with Crippen molar-refractivity contribution in [2.45, 2.75) is 6.92 Å². The van der Waals surface area contributed by atoms with Gasteiger partial charge in [0.15, 0.2) is 5.58 Å². The van der Waals surface area contributed by atoms with Crippen molar-refractivity contribution in [2.75, 3.05) is 0 Å². The smallest absolute Gasteiger partial charge is 0.229 e. The molecule has 0 spiro atoms. The number of benzene rings is 3. The first-order valence-electron chi connectivity index (χ1n) is 11.7. The molecule has 5 heterocycles. The zero-order chi connectivity index (χ0) is 23.4. The third-order valence-electron chi connectivity index (χ3n) is 7.35. The summed E-state index contributed by atoms with van der Waals surface area (Å²) >= 11 is 0. The molecule has 0 unspecified atom stereocenters. The number of para-hydroxylation sites is 2. The number of hydrogen-bond donors (Lipinski definition) is 0. The number of hydrogen-bond acceptors (Lipinski definition) is 2. The molecule has 0 atom stereocenters. The Balaban J connectivity index is 0.00000220. The van der Waals surface area contributed by atoms with Crippen LogP contribution in [-0.4, -0.2) is 9.38 Å². The summed E-state index contributed by atoms with van der Waals surface area (Å²) in [7, 11) is 4.43. The molecule has 0 amide bonds. The van der Waals surface area contributed by atoms with Crippen LogP contribution in [0.25, 0.3) is 71.6 Å². The van der Waals surface area contributed by atoms with Crippen LogP contribution >= 0.6 is 0 Å². The van der Waals surface area contributed by atoms with Crippen molar-refractivity contribution in [2.24, 2.45) is 0 Å². The third kappa shape index (κ3) is 2.51. The van der Waals surface area contributed by atoms with E-state index in [1.165, 1.54) is 10.8 Å². The summed E-state index contributed by atoms with van der Waals surface area (Å²) in [6.07, 6.45) is 0. The molecule has 4 nitrogen and oxygen atoms in total. The molecule has 175 valence electrons. The van der Waals surface area contributed by atoms with Gasteiger partial charge in [-0.1, -0.05) is 48.5 Å². The van der Waals surface area contributed by atoms with E-state index in [2.05, 4.69) is 85.1 Å². The largest absolute Gasteiger partial charge is 0.436 e. The first-order chi connectivity index (χ1) is 17.1.